The van der Waals surface area contributed by atoms with Crippen molar-refractivity contribution in [1.29, 1.82) is 0 Å². The van der Waals surface area contributed by atoms with Crippen molar-refractivity contribution in [1.82, 2.24) is 0 Å². The van der Waals surface area contributed by atoms with Crippen LogP contribution < -0.4 is 5.32 Å². The van der Waals surface area contributed by atoms with Gasteiger partial charge < -0.3 is 10.1 Å². The van der Waals surface area contributed by atoms with Crippen LogP contribution >= 0.6 is 0 Å². The molecule has 0 aliphatic rings. The quantitative estimate of drug-likeness (QED) is 0.437. The number of nitrogens with one attached hydrogen (secondary N) is 1. The smallest absolute Gasteiger partial charge is 0.416 e. The molecule has 2 aromatic rings. The van der Waals surface area contributed by atoms with Gasteiger partial charge in [0.05, 0.1) is 5.56 Å². The topological polar surface area (TPSA) is 72.5 Å². The maximum Gasteiger partial charge on any atom is 0.416 e. The van der Waals surface area contributed by atoms with Gasteiger partial charge in [0.2, 0.25) is 0 Å². The molecule has 0 aromatic heterocycles. The van der Waals surface area contributed by atoms with Crippen LogP contribution in [0.25, 0.3) is 6.08 Å². The third-order valence-corrected chi connectivity index (χ3v) is 3.85. The van der Waals surface area contributed by atoms with Crippen molar-refractivity contribution < 1.29 is 32.3 Å². The Morgan fingerprint density at radius 2 is 1.72 bits per heavy atom. The molecule has 0 radical (unpaired) electrons. The van der Waals surface area contributed by atoms with Crippen LogP contribution in [0.3, 0.4) is 0 Å². The molecule has 0 aliphatic heterocycles. The lowest BCUT2D eigenvalue weighted by Gasteiger charge is -2.12. The van der Waals surface area contributed by atoms with Crippen LogP contribution in [0.5, 0.6) is 0 Å². The van der Waals surface area contributed by atoms with E-state index in [2.05, 4.69) is 5.32 Å². The summed E-state index contributed by atoms with van der Waals surface area (Å²) in [5.41, 5.74) is 0.237. The number of ketones is 1. The van der Waals surface area contributed by atoms with Gasteiger partial charge in [0.25, 0.3) is 5.91 Å². The van der Waals surface area contributed by atoms with E-state index in [1.54, 1.807) is 12.1 Å². The molecule has 1 atom stereocenters. The number of amides is 1. The fraction of sp³-hybridized carbons (Fsp3) is 0.190. The molecule has 0 bridgehead atoms. The Hall–Kier alpha value is -3.42. The number of rotatable bonds is 6. The van der Waals surface area contributed by atoms with Gasteiger partial charge in [0, 0.05) is 17.3 Å². The summed E-state index contributed by atoms with van der Waals surface area (Å²) >= 11 is 0. The molecule has 29 heavy (non-hydrogen) atoms. The summed E-state index contributed by atoms with van der Waals surface area (Å²) in [5.74, 6) is -1.59. The summed E-state index contributed by atoms with van der Waals surface area (Å²) in [6.45, 7) is 2.78. The van der Waals surface area contributed by atoms with E-state index in [0.717, 1.165) is 18.2 Å². The molecular weight excluding hydrogens is 387 g/mol. The number of ether oxygens (including phenoxy) is 1. The second kappa shape index (κ2) is 9.18. The summed E-state index contributed by atoms with van der Waals surface area (Å²) in [6, 6.07) is 10.6. The van der Waals surface area contributed by atoms with Crippen LogP contribution in [0.1, 0.15) is 35.3 Å². The lowest BCUT2D eigenvalue weighted by Crippen LogP contribution is -2.29. The lowest BCUT2D eigenvalue weighted by molar-refractivity contribution is -0.148. The van der Waals surface area contributed by atoms with E-state index in [-0.39, 0.29) is 11.3 Å². The first-order valence-electron chi connectivity index (χ1n) is 8.54. The Morgan fingerprint density at radius 3 is 2.31 bits per heavy atom. The molecule has 0 saturated carbocycles. The molecule has 0 saturated heterocycles. The van der Waals surface area contributed by atoms with E-state index in [4.69, 9.17) is 4.74 Å². The van der Waals surface area contributed by atoms with Crippen molar-refractivity contribution in [3.05, 3.63) is 71.3 Å². The van der Waals surface area contributed by atoms with Crippen LogP contribution in [0, 0.1) is 0 Å². The molecule has 1 amide bonds. The number of anilines is 1. The van der Waals surface area contributed by atoms with E-state index in [9.17, 15) is 27.6 Å². The first kappa shape index (κ1) is 21.9. The number of esters is 1. The molecule has 0 heterocycles. The maximum absolute atomic E-state index is 12.7. The van der Waals surface area contributed by atoms with Gasteiger partial charge in [-0.3, -0.25) is 9.59 Å². The van der Waals surface area contributed by atoms with Crippen molar-refractivity contribution in [3.8, 4) is 0 Å². The summed E-state index contributed by atoms with van der Waals surface area (Å²) in [5, 5.41) is 2.53. The first-order valence-corrected chi connectivity index (χ1v) is 8.54. The van der Waals surface area contributed by atoms with Crippen molar-refractivity contribution in [2.75, 3.05) is 5.32 Å². The number of benzene rings is 2. The third-order valence-electron chi connectivity index (χ3n) is 3.85. The number of carbonyl (C=O) groups is 3. The molecule has 152 valence electrons. The largest absolute Gasteiger partial charge is 0.449 e. The van der Waals surface area contributed by atoms with Gasteiger partial charge >= 0.3 is 12.1 Å². The molecule has 5 nitrogen and oxygen atoms in total. The first-order chi connectivity index (χ1) is 13.6. The zero-order valence-electron chi connectivity index (χ0n) is 15.6. The highest BCUT2D eigenvalue weighted by Crippen LogP contribution is 2.29. The van der Waals surface area contributed by atoms with E-state index >= 15 is 0 Å². The average Bonchev–Trinajstić information content (AvgIpc) is 2.66. The van der Waals surface area contributed by atoms with Crippen LogP contribution in [-0.2, 0) is 20.5 Å². The predicted octanol–water partition coefficient (Wildman–Crippen LogP) is 4.49. The number of carbonyl (C=O) groups excluding carboxylic acids is 3. The SMILES string of the molecule is CC(=O)c1ccc(NC(=O)[C@@H](C)OC(=O)/C=C/c2cccc(C(F)(F)F)c2)cc1. The summed E-state index contributed by atoms with van der Waals surface area (Å²) in [4.78, 5) is 35.2. The van der Waals surface area contributed by atoms with Gasteiger partial charge in [-0.25, -0.2) is 4.79 Å². The molecule has 2 aromatic carbocycles. The third kappa shape index (κ3) is 6.60. The van der Waals surface area contributed by atoms with Crippen LogP contribution in [-0.4, -0.2) is 23.8 Å². The highest BCUT2D eigenvalue weighted by molar-refractivity contribution is 5.98. The molecule has 0 unspecified atom stereocenters. The Bertz CT molecular complexity index is 934. The molecule has 0 spiro atoms. The zero-order valence-corrected chi connectivity index (χ0v) is 15.6. The van der Waals surface area contributed by atoms with Crippen LogP contribution in [0.15, 0.2) is 54.6 Å². The summed E-state index contributed by atoms with van der Waals surface area (Å²) < 4.78 is 43.0. The van der Waals surface area contributed by atoms with Gasteiger partial charge in [-0.1, -0.05) is 12.1 Å². The summed E-state index contributed by atoms with van der Waals surface area (Å²) in [6.07, 6.45) is -3.51. The molecule has 0 fully saturated rings. The second-order valence-corrected chi connectivity index (χ2v) is 6.16. The van der Waals surface area contributed by atoms with Crippen LogP contribution in [0.2, 0.25) is 0 Å². The molecular formula is C21H18F3NO4. The fourth-order valence-electron chi connectivity index (χ4n) is 2.28. The molecule has 2 rings (SSSR count). The zero-order chi connectivity index (χ0) is 21.6. The van der Waals surface area contributed by atoms with Crippen LogP contribution in [0.4, 0.5) is 18.9 Å². The van der Waals surface area contributed by atoms with Crippen molar-refractivity contribution >= 4 is 29.4 Å². The number of alkyl halides is 3. The van der Waals surface area contributed by atoms with Crippen molar-refractivity contribution in [2.45, 2.75) is 26.1 Å². The van der Waals surface area contributed by atoms with E-state index < -0.39 is 29.7 Å². The minimum absolute atomic E-state index is 0.113. The summed E-state index contributed by atoms with van der Waals surface area (Å²) in [7, 11) is 0. The van der Waals surface area contributed by atoms with Crippen molar-refractivity contribution in [2.24, 2.45) is 0 Å². The van der Waals surface area contributed by atoms with E-state index in [1.165, 1.54) is 44.2 Å². The molecule has 0 aliphatic carbocycles. The minimum atomic E-state index is -4.49. The number of hydrogen-bond donors (Lipinski definition) is 1. The fourth-order valence-corrected chi connectivity index (χ4v) is 2.28. The van der Waals surface area contributed by atoms with Gasteiger partial charge in [0.1, 0.15) is 0 Å². The highest BCUT2D eigenvalue weighted by atomic mass is 19.4. The lowest BCUT2D eigenvalue weighted by atomic mass is 10.1. The normalized spacial score (nSPS) is 12.4. The highest BCUT2D eigenvalue weighted by Gasteiger charge is 2.30. The number of Topliss-reactive ketones (excluding diaryl/α,β-unsaturated/α-hetero) is 1. The Morgan fingerprint density at radius 1 is 1.07 bits per heavy atom. The predicted molar refractivity (Wildman–Crippen MR) is 101 cm³/mol. The van der Waals surface area contributed by atoms with Crippen molar-refractivity contribution in [3.63, 3.8) is 0 Å². The standard InChI is InChI=1S/C21H18F3NO4/c1-13(26)16-7-9-18(10-8-16)25-20(28)14(2)29-19(27)11-6-15-4-3-5-17(12-15)21(22,23)24/h3-12,14H,1-2H3,(H,25,28)/b11-6+/t14-/m1/s1. The Labute approximate surface area is 165 Å². The Balaban J connectivity index is 1.93. The van der Waals surface area contributed by atoms with Gasteiger partial charge in [0.15, 0.2) is 11.9 Å². The van der Waals surface area contributed by atoms with Gasteiger partial charge in [-0.2, -0.15) is 13.2 Å². The maximum atomic E-state index is 12.7. The molecule has 8 heteroatoms. The number of halogens is 3. The minimum Gasteiger partial charge on any atom is -0.449 e. The van der Waals surface area contributed by atoms with E-state index in [0.29, 0.717) is 11.3 Å². The number of hydrogen-bond acceptors (Lipinski definition) is 4. The average molecular weight is 405 g/mol. The monoisotopic (exact) mass is 405 g/mol. The van der Waals surface area contributed by atoms with E-state index in [1.807, 2.05) is 0 Å². The second-order valence-electron chi connectivity index (χ2n) is 6.16. The molecule has 1 N–H and O–H groups in total. The Kier molecular flexibility index (Phi) is 6.93. The van der Waals surface area contributed by atoms with Gasteiger partial charge in [-0.15, -0.1) is 0 Å². The van der Waals surface area contributed by atoms with Gasteiger partial charge in [-0.05, 0) is 61.9 Å².